The fourth-order valence-corrected chi connectivity index (χ4v) is 1.72. The van der Waals surface area contributed by atoms with Crippen LogP contribution >= 0.6 is 11.6 Å². The topological polar surface area (TPSA) is 64.9 Å². The molecule has 6 heteroatoms. The highest BCUT2D eigenvalue weighted by Gasteiger charge is 2.14. The summed E-state index contributed by atoms with van der Waals surface area (Å²) in [5.74, 6) is 1.24. The fourth-order valence-electron chi connectivity index (χ4n) is 1.64. The molecule has 0 saturated carbocycles. The van der Waals surface area contributed by atoms with Crippen molar-refractivity contribution in [2.24, 2.45) is 15.7 Å². The van der Waals surface area contributed by atoms with Crippen molar-refractivity contribution >= 4 is 35.2 Å². The van der Waals surface area contributed by atoms with Gasteiger partial charge in [0.25, 0.3) is 0 Å². The normalized spacial score (nSPS) is 10.6. The van der Waals surface area contributed by atoms with Crippen LogP contribution in [0.5, 0.6) is 0 Å². The van der Waals surface area contributed by atoms with E-state index in [9.17, 15) is 0 Å². The summed E-state index contributed by atoms with van der Waals surface area (Å²) in [5, 5.41) is 0.0871. The molecule has 0 aliphatic rings. The van der Waals surface area contributed by atoms with Gasteiger partial charge in [0.15, 0.2) is 0 Å². The van der Waals surface area contributed by atoms with Gasteiger partial charge in [0, 0.05) is 13.1 Å². The Bertz CT molecular complexity index is 492. The molecule has 0 unspecified atom stereocenters. The van der Waals surface area contributed by atoms with E-state index in [1.54, 1.807) is 7.11 Å². The summed E-state index contributed by atoms with van der Waals surface area (Å²) in [6, 6.07) is 1.92. The lowest BCUT2D eigenvalue weighted by molar-refractivity contribution is 0.367. The number of hydrogen-bond acceptors (Lipinski definition) is 3. The molecule has 0 aliphatic heterocycles. The van der Waals surface area contributed by atoms with Gasteiger partial charge in [-0.05, 0) is 36.9 Å². The SMILES string of the molecule is C=N/C(Cl)=N\c1c(C)cc(C(=C)OC)n1CCN.CC. The molecule has 0 amide bonds. The second kappa shape index (κ2) is 9.34. The van der Waals surface area contributed by atoms with E-state index in [1.807, 2.05) is 31.4 Å². The standard InChI is InChI=1S/C12H17ClN4O.C2H6/c1-8-7-10(9(2)18-4)17(6-5-14)11(8)16-12(13)15-3;1-2/h7H,2-3,5-6,14H2,1,4H3;1-2H3/b16-12-;. The minimum atomic E-state index is 0.0871. The van der Waals surface area contributed by atoms with Crippen LogP contribution in [0, 0.1) is 6.92 Å². The first-order valence-electron chi connectivity index (χ1n) is 6.39. The second-order valence-electron chi connectivity index (χ2n) is 3.64. The molecule has 2 N–H and O–H groups in total. The number of amidine groups is 1. The van der Waals surface area contributed by atoms with Gasteiger partial charge in [0.2, 0.25) is 5.29 Å². The Labute approximate surface area is 125 Å². The van der Waals surface area contributed by atoms with Crippen molar-refractivity contribution in [2.45, 2.75) is 27.3 Å². The van der Waals surface area contributed by atoms with E-state index in [4.69, 9.17) is 22.1 Å². The maximum atomic E-state index is 5.79. The van der Waals surface area contributed by atoms with Gasteiger partial charge in [0.1, 0.15) is 11.6 Å². The average molecular weight is 299 g/mol. The zero-order chi connectivity index (χ0) is 15.7. The molecule has 0 atom stereocenters. The summed E-state index contributed by atoms with van der Waals surface area (Å²) in [7, 11) is 1.57. The highest BCUT2D eigenvalue weighted by Crippen LogP contribution is 2.28. The average Bonchev–Trinajstić information content (AvgIpc) is 2.78. The number of methoxy groups -OCH3 is 1. The van der Waals surface area contributed by atoms with Crippen LogP contribution in [0.15, 0.2) is 22.6 Å². The molecule has 0 bridgehead atoms. The molecular weight excluding hydrogens is 276 g/mol. The third kappa shape index (κ3) is 4.51. The van der Waals surface area contributed by atoms with Crippen molar-refractivity contribution in [2.75, 3.05) is 13.7 Å². The molecule has 0 aromatic carbocycles. The number of rotatable bonds is 5. The van der Waals surface area contributed by atoms with Gasteiger partial charge in [-0.2, -0.15) is 0 Å². The van der Waals surface area contributed by atoms with E-state index in [1.165, 1.54) is 0 Å². The van der Waals surface area contributed by atoms with E-state index < -0.39 is 0 Å². The molecule has 5 nitrogen and oxygen atoms in total. The highest BCUT2D eigenvalue weighted by molar-refractivity contribution is 6.65. The molecule has 0 saturated heterocycles. The Kier molecular flexibility index (Phi) is 8.59. The smallest absolute Gasteiger partial charge is 0.223 e. The molecule has 0 aliphatic carbocycles. The minimum absolute atomic E-state index is 0.0871. The Morgan fingerprint density at radius 1 is 1.50 bits per heavy atom. The molecule has 1 heterocycles. The maximum absolute atomic E-state index is 5.79. The number of aromatic nitrogens is 1. The molecule has 0 spiro atoms. The van der Waals surface area contributed by atoms with Crippen molar-refractivity contribution in [3.05, 3.63) is 23.9 Å². The minimum Gasteiger partial charge on any atom is -0.495 e. The first-order chi connectivity index (χ1) is 9.54. The summed E-state index contributed by atoms with van der Waals surface area (Å²) >= 11 is 5.79. The predicted octanol–water partition coefficient (Wildman–Crippen LogP) is 3.33. The number of ether oxygens (including phenoxy) is 1. The van der Waals surface area contributed by atoms with Gasteiger partial charge < -0.3 is 15.0 Å². The van der Waals surface area contributed by atoms with Crippen molar-refractivity contribution < 1.29 is 4.74 Å². The zero-order valence-corrected chi connectivity index (χ0v) is 13.4. The summed E-state index contributed by atoms with van der Waals surface area (Å²) < 4.78 is 7.05. The Morgan fingerprint density at radius 3 is 2.55 bits per heavy atom. The summed E-state index contributed by atoms with van der Waals surface area (Å²) in [6.45, 7) is 14.2. The summed E-state index contributed by atoms with van der Waals surface area (Å²) in [5.41, 5.74) is 7.37. The monoisotopic (exact) mass is 298 g/mol. The maximum Gasteiger partial charge on any atom is 0.223 e. The van der Waals surface area contributed by atoms with Crippen LogP contribution in [0.25, 0.3) is 5.76 Å². The van der Waals surface area contributed by atoms with Gasteiger partial charge in [-0.1, -0.05) is 20.4 Å². The Hall–Kier alpha value is -1.59. The number of aliphatic imine (C=N–C) groups is 2. The van der Waals surface area contributed by atoms with Crippen LogP contribution in [0.3, 0.4) is 0 Å². The largest absolute Gasteiger partial charge is 0.495 e. The van der Waals surface area contributed by atoms with E-state index in [-0.39, 0.29) is 5.29 Å². The number of hydrogen-bond donors (Lipinski definition) is 1. The third-order valence-electron chi connectivity index (χ3n) is 2.47. The lowest BCUT2D eigenvalue weighted by Gasteiger charge is -2.11. The first-order valence-corrected chi connectivity index (χ1v) is 6.77. The van der Waals surface area contributed by atoms with Crippen LogP contribution in [-0.2, 0) is 11.3 Å². The highest BCUT2D eigenvalue weighted by atomic mass is 35.5. The quantitative estimate of drug-likeness (QED) is 0.392. The van der Waals surface area contributed by atoms with Crippen molar-refractivity contribution in [3.63, 3.8) is 0 Å². The van der Waals surface area contributed by atoms with Crippen LogP contribution in [0.4, 0.5) is 5.82 Å². The van der Waals surface area contributed by atoms with Gasteiger partial charge in [-0.15, -0.1) is 0 Å². The zero-order valence-electron chi connectivity index (χ0n) is 12.6. The molecule has 0 radical (unpaired) electrons. The molecule has 112 valence electrons. The van der Waals surface area contributed by atoms with Crippen molar-refractivity contribution in [1.82, 2.24) is 4.57 Å². The van der Waals surface area contributed by atoms with Gasteiger partial charge >= 0.3 is 0 Å². The Balaban J connectivity index is 0.00000172. The fraction of sp³-hybridized carbons (Fsp3) is 0.429. The van der Waals surface area contributed by atoms with E-state index in [2.05, 4.69) is 23.3 Å². The van der Waals surface area contributed by atoms with Crippen LogP contribution < -0.4 is 5.73 Å². The molecule has 20 heavy (non-hydrogen) atoms. The molecule has 1 rings (SSSR count). The molecule has 0 fully saturated rings. The lowest BCUT2D eigenvalue weighted by Crippen LogP contribution is -2.12. The second-order valence-corrected chi connectivity index (χ2v) is 3.98. The van der Waals surface area contributed by atoms with E-state index >= 15 is 0 Å². The van der Waals surface area contributed by atoms with Crippen LogP contribution in [-0.4, -0.2) is 30.2 Å². The molecular formula is C14H23ClN4O. The van der Waals surface area contributed by atoms with Crippen LogP contribution in [0.1, 0.15) is 25.1 Å². The van der Waals surface area contributed by atoms with Gasteiger partial charge in [-0.25, -0.2) is 9.98 Å². The Morgan fingerprint density at radius 2 is 2.10 bits per heavy atom. The van der Waals surface area contributed by atoms with E-state index in [0.29, 0.717) is 24.7 Å². The summed E-state index contributed by atoms with van der Waals surface area (Å²) in [4.78, 5) is 7.76. The first kappa shape index (κ1) is 18.4. The van der Waals surface area contributed by atoms with Crippen LogP contribution in [0.2, 0.25) is 0 Å². The summed E-state index contributed by atoms with van der Waals surface area (Å²) in [6.07, 6.45) is 0. The number of halogens is 1. The van der Waals surface area contributed by atoms with Gasteiger partial charge in [0.05, 0.1) is 12.8 Å². The number of aryl methyl sites for hydroxylation is 1. The lowest BCUT2D eigenvalue weighted by atomic mass is 10.3. The predicted molar refractivity (Wildman–Crippen MR) is 88.1 cm³/mol. The van der Waals surface area contributed by atoms with E-state index in [0.717, 1.165) is 11.3 Å². The van der Waals surface area contributed by atoms with Crippen molar-refractivity contribution in [1.29, 1.82) is 0 Å². The number of nitrogens with two attached hydrogens (primary N) is 1. The molecule has 1 aromatic heterocycles. The van der Waals surface area contributed by atoms with Gasteiger partial charge in [-0.3, -0.25) is 0 Å². The number of nitrogens with zero attached hydrogens (tertiary/aromatic N) is 3. The molecule has 1 aromatic rings. The third-order valence-corrected chi connectivity index (χ3v) is 2.67. The van der Waals surface area contributed by atoms with Crippen molar-refractivity contribution in [3.8, 4) is 0 Å².